The van der Waals surface area contributed by atoms with Crippen molar-refractivity contribution in [3.63, 3.8) is 0 Å². The lowest BCUT2D eigenvalue weighted by molar-refractivity contribution is -0.144. The largest absolute Gasteiger partial charge is 0.480 e. The molecule has 1 aromatic rings. The molecular weight excluding hydrogens is 284 g/mol. The van der Waals surface area contributed by atoms with Crippen molar-refractivity contribution in [3.8, 4) is 6.07 Å². The predicted octanol–water partition coefficient (Wildman–Crippen LogP) is 2.03. The van der Waals surface area contributed by atoms with Crippen LogP contribution in [0.5, 0.6) is 0 Å². The molecule has 0 aliphatic heterocycles. The summed E-state index contributed by atoms with van der Waals surface area (Å²) in [7, 11) is 1.40. The first-order valence-corrected chi connectivity index (χ1v) is 7.08. The van der Waals surface area contributed by atoms with Crippen LogP contribution in [0.25, 0.3) is 0 Å². The summed E-state index contributed by atoms with van der Waals surface area (Å²) < 4.78 is 5.17. The number of nitrogens with zero attached hydrogens (tertiary/aromatic N) is 1. The fraction of sp³-hybridized carbons (Fsp3) is 0.438. The normalized spacial score (nSPS) is 12.9. The molecule has 0 heterocycles. The van der Waals surface area contributed by atoms with Gasteiger partial charge in [-0.1, -0.05) is 30.3 Å². The number of hydrogen-bond donors (Lipinski definition) is 2. The van der Waals surface area contributed by atoms with Crippen LogP contribution in [0, 0.1) is 11.3 Å². The van der Waals surface area contributed by atoms with Gasteiger partial charge in [-0.25, -0.2) is 4.79 Å². The summed E-state index contributed by atoms with van der Waals surface area (Å²) in [5.41, 5.74) is 0.663. The van der Waals surface area contributed by atoms with Crippen molar-refractivity contribution in [1.29, 1.82) is 5.26 Å². The number of aliphatic carboxylic acids is 1. The first-order valence-electron chi connectivity index (χ1n) is 7.08. The number of rotatable bonds is 9. The summed E-state index contributed by atoms with van der Waals surface area (Å²) in [4.78, 5) is 23.5. The minimum Gasteiger partial charge on any atom is -0.480 e. The van der Waals surface area contributed by atoms with Crippen LogP contribution in [0.4, 0.5) is 0 Å². The molecule has 0 saturated heterocycles. The molecule has 0 saturated carbocycles. The van der Waals surface area contributed by atoms with Crippen molar-refractivity contribution in [2.75, 3.05) is 7.11 Å². The molecule has 0 aliphatic rings. The van der Waals surface area contributed by atoms with Crippen LogP contribution in [0.1, 0.15) is 37.4 Å². The Morgan fingerprint density at radius 2 is 2.00 bits per heavy atom. The molecule has 0 radical (unpaired) electrons. The Hall–Kier alpha value is -2.39. The summed E-state index contributed by atoms with van der Waals surface area (Å²) in [6.45, 7) is 0. The fourth-order valence-electron chi connectivity index (χ4n) is 2.08. The summed E-state index contributed by atoms with van der Waals surface area (Å²) in [6.07, 6.45) is 0.997. The maximum absolute atomic E-state index is 12.2. The van der Waals surface area contributed by atoms with Gasteiger partial charge in [0.15, 0.2) is 6.10 Å². The average molecular weight is 304 g/mol. The van der Waals surface area contributed by atoms with E-state index in [2.05, 4.69) is 5.32 Å². The van der Waals surface area contributed by atoms with E-state index in [0.29, 0.717) is 24.8 Å². The highest BCUT2D eigenvalue weighted by Crippen LogP contribution is 2.17. The van der Waals surface area contributed by atoms with Gasteiger partial charge in [-0.15, -0.1) is 0 Å². The molecule has 118 valence electrons. The van der Waals surface area contributed by atoms with Gasteiger partial charge in [0.25, 0.3) is 5.91 Å². The van der Waals surface area contributed by atoms with Crippen LogP contribution in [-0.2, 0) is 14.3 Å². The molecule has 0 fully saturated rings. The van der Waals surface area contributed by atoms with E-state index in [1.807, 2.05) is 12.1 Å². The summed E-state index contributed by atoms with van der Waals surface area (Å²) >= 11 is 0. The van der Waals surface area contributed by atoms with E-state index in [1.54, 1.807) is 24.3 Å². The van der Waals surface area contributed by atoms with Crippen molar-refractivity contribution in [2.24, 2.45) is 0 Å². The van der Waals surface area contributed by atoms with Crippen LogP contribution in [0.15, 0.2) is 30.3 Å². The Bertz CT molecular complexity index is 525. The molecule has 0 aliphatic carbocycles. The van der Waals surface area contributed by atoms with Gasteiger partial charge in [0, 0.05) is 13.5 Å². The molecule has 0 spiro atoms. The number of hydrogen-bond acceptors (Lipinski definition) is 4. The first kappa shape index (κ1) is 17.7. The third-order valence-electron chi connectivity index (χ3n) is 3.22. The number of methoxy groups -OCH3 is 1. The minimum atomic E-state index is -1.09. The van der Waals surface area contributed by atoms with E-state index in [0.717, 1.165) is 0 Å². The van der Waals surface area contributed by atoms with Gasteiger partial charge in [0.1, 0.15) is 6.04 Å². The summed E-state index contributed by atoms with van der Waals surface area (Å²) in [5.74, 6) is -1.57. The molecule has 2 N–H and O–H groups in total. The molecule has 0 bridgehead atoms. The van der Waals surface area contributed by atoms with Gasteiger partial charge < -0.3 is 15.2 Å². The maximum atomic E-state index is 12.2. The fourth-order valence-corrected chi connectivity index (χ4v) is 2.08. The zero-order valence-corrected chi connectivity index (χ0v) is 12.5. The van der Waals surface area contributed by atoms with Crippen molar-refractivity contribution in [3.05, 3.63) is 35.9 Å². The average Bonchev–Trinajstić information content (AvgIpc) is 2.52. The topological polar surface area (TPSA) is 99.4 Å². The molecule has 0 unspecified atom stereocenters. The maximum Gasteiger partial charge on any atom is 0.326 e. The molecule has 1 amide bonds. The van der Waals surface area contributed by atoms with Gasteiger partial charge in [-0.3, -0.25) is 4.79 Å². The number of unbranched alkanes of at least 4 members (excludes halogenated alkanes) is 2. The molecule has 6 nitrogen and oxygen atoms in total. The van der Waals surface area contributed by atoms with Crippen molar-refractivity contribution in [2.45, 2.75) is 37.8 Å². The number of benzene rings is 1. The Labute approximate surface area is 129 Å². The van der Waals surface area contributed by atoms with Gasteiger partial charge in [-0.05, 0) is 24.8 Å². The lowest BCUT2D eigenvalue weighted by Gasteiger charge is -2.19. The third-order valence-corrected chi connectivity index (χ3v) is 3.22. The third kappa shape index (κ3) is 5.54. The quantitative estimate of drug-likeness (QED) is 0.680. The number of amides is 1. The lowest BCUT2D eigenvalue weighted by atomic mass is 10.1. The SMILES string of the molecule is CO[C@@H](C(=O)N[C@@H](CCCCC#N)C(=O)O)c1ccccc1. The zero-order chi connectivity index (χ0) is 16.4. The van der Waals surface area contributed by atoms with Crippen LogP contribution < -0.4 is 5.32 Å². The monoisotopic (exact) mass is 304 g/mol. The number of nitriles is 1. The predicted molar refractivity (Wildman–Crippen MR) is 79.8 cm³/mol. The number of ether oxygens (including phenoxy) is 1. The number of nitrogens with one attached hydrogen (secondary N) is 1. The van der Waals surface area contributed by atoms with E-state index < -0.39 is 24.0 Å². The zero-order valence-electron chi connectivity index (χ0n) is 12.5. The summed E-state index contributed by atoms with van der Waals surface area (Å²) in [6, 6.07) is 9.91. The Balaban J connectivity index is 2.65. The molecule has 1 rings (SSSR count). The second-order valence-corrected chi connectivity index (χ2v) is 4.83. The van der Waals surface area contributed by atoms with Crippen molar-refractivity contribution >= 4 is 11.9 Å². The molecule has 2 atom stereocenters. The Morgan fingerprint density at radius 1 is 1.32 bits per heavy atom. The second kappa shape index (κ2) is 9.53. The van der Waals surface area contributed by atoms with Gasteiger partial charge in [0.05, 0.1) is 6.07 Å². The molecule has 0 aromatic heterocycles. The van der Waals surface area contributed by atoms with Gasteiger partial charge >= 0.3 is 5.97 Å². The van der Waals surface area contributed by atoms with E-state index >= 15 is 0 Å². The van der Waals surface area contributed by atoms with Crippen LogP contribution in [0.3, 0.4) is 0 Å². The number of carboxylic acid groups (broad SMARTS) is 1. The van der Waals surface area contributed by atoms with Gasteiger partial charge in [-0.2, -0.15) is 5.26 Å². The van der Waals surface area contributed by atoms with E-state index in [9.17, 15) is 14.7 Å². The first-order chi connectivity index (χ1) is 10.6. The Kier molecular flexibility index (Phi) is 7.65. The minimum absolute atomic E-state index is 0.286. The number of carboxylic acids is 1. The lowest BCUT2D eigenvalue weighted by Crippen LogP contribution is -2.43. The highest BCUT2D eigenvalue weighted by atomic mass is 16.5. The van der Waals surface area contributed by atoms with E-state index in [4.69, 9.17) is 10.00 Å². The summed E-state index contributed by atoms with van der Waals surface area (Å²) in [5, 5.41) is 20.1. The van der Waals surface area contributed by atoms with Crippen LogP contribution in [-0.4, -0.2) is 30.1 Å². The van der Waals surface area contributed by atoms with Crippen molar-refractivity contribution in [1.82, 2.24) is 5.32 Å². The van der Waals surface area contributed by atoms with E-state index in [-0.39, 0.29) is 6.42 Å². The number of carbonyl (C=O) groups is 2. The molecular formula is C16H20N2O4. The highest BCUT2D eigenvalue weighted by molar-refractivity contribution is 5.87. The molecule has 1 aromatic carbocycles. The smallest absolute Gasteiger partial charge is 0.326 e. The number of carbonyl (C=O) groups excluding carboxylic acids is 1. The standard InChI is InChI=1S/C16H20N2O4/c1-22-14(12-8-4-2-5-9-12)15(19)18-13(16(20)21)10-6-3-7-11-17/h2,4-5,8-9,13-14H,3,6-7,10H2,1H3,(H,18,19)(H,20,21)/t13-,14+/m0/s1. The van der Waals surface area contributed by atoms with Crippen LogP contribution in [0.2, 0.25) is 0 Å². The molecule has 6 heteroatoms. The highest BCUT2D eigenvalue weighted by Gasteiger charge is 2.25. The van der Waals surface area contributed by atoms with E-state index in [1.165, 1.54) is 7.11 Å². The van der Waals surface area contributed by atoms with Crippen molar-refractivity contribution < 1.29 is 19.4 Å². The van der Waals surface area contributed by atoms with Gasteiger partial charge in [0.2, 0.25) is 0 Å². The molecule has 22 heavy (non-hydrogen) atoms. The Morgan fingerprint density at radius 3 is 2.55 bits per heavy atom. The van der Waals surface area contributed by atoms with Crippen LogP contribution >= 0.6 is 0 Å². The second-order valence-electron chi connectivity index (χ2n) is 4.83.